The van der Waals surface area contributed by atoms with Gasteiger partial charge in [-0.2, -0.15) is 4.73 Å². The fourth-order valence-electron chi connectivity index (χ4n) is 2.79. The zero-order valence-electron chi connectivity index (χ0n) is 15.0. The molecule has 29 heavy (non-hydrogen) atoms. The van der Waals surface area contributed by atoms with Gasteiger partial charge in [0.2, 0.25) is 0 Å². The van der Waals surface area contributed by atoms with Crippen molar-refractivity contribution in [1.29, 1.82) is 0 Å². The van der Waals surface area contributed by atoms with Crippen LogP contribution in [0.2, 0.25) is 0 Å². The largest absolute Gasteiger partial charge is 0.429 e. The van der Waals surface area contributed by atoms with Gasteiger partial charge >= 0.3 is 0 Å². The molecular weight excluding hydrogens is 382 g/mol. The number of carbonyl (C=O) groups excluding carboxylic acids is 1. The van der Waals surface area contributed by atoms with Crippen molar-refractivity contribution in [1.82, 2.24) is 24.2 Å². The van der Waals surface area contributed by atoms with E-state index in [0.717, 1.165) is 18.5 Å². The average molecular weight is 396 g/mol. The van der Waals surface area contributed by atoms with Crippen LogP contribution in [0.15, 0.2) is 60.2 Å². The van der Waals surface area contributed by atoms with Gasteiger partial charge in [-0.3, -0.25) is 4.79 Å². The van der Waals surface area contributed by atoms with Crippen LogP contribution in [0.1, 0.15) is 10.5 Å². The predicted molar refractivity (Wildman–Crippen MR) is 97.7 cm³/mol. The molecule has 0 bridgehead atoms. The monoisotopic (exact) mass is 396 g/mol. The van der Waals surface area contributed by atoms with Crippen molar-refractivity contribution < 1.29 is 18.8 Å². The number of halogens is 2. The molecule has 0 fully saturated rings. The smallest absolute Gasteiger partial charge is 0.295 e. The number of aromatic amines is 1. The molecule has 0 unspecified atom stereocenters. The van der Waals surface area contributed by atoms with Gasteiger partial charge in [0.05, 0.1) is 24.4 Å². The maximum Gasteiger partial charge on any atom is 0.295 e. The van der Waals surface area contributed by atoms with Crippen LogP contribution in [0, 0.1) is 11.6 Å². The summed E-state index contributed by atoms with van der Waals surface area (Å²) in [4.78, 5) is 27.5. The summed E-state index contributed by atoms with van der Waals surface area (Å²) >= 11 is 0. The van der Waals surface area contributed by atoms with Crippen LogP contribution in [0.5, 0.6) is 0 Å². The molecule has 10 heteroatoms. The summed E-state index contributed by atoms with van der Waals surface area (Å²) in [5.74, 6) is -1.60. The minimum absolute atomic E-state index is 0.0476. The number of nitrogens with one attached hydrogen (secondary N) is 1. The van der Waals surface area contributed by atoms with Gasteiger partial charge < -0.3 is 14.8 Å². The Hall–Kier alpha value is -4.08. The van der Waals surface area contributed by atoms with E-state index in [4.69, 9.17) is 5.21 Å². The van der Waals surface area contributed by atoms with E-state index in [1.54, 1.807) is 30.1 Å². The molecule has 0 aliphatic rings. The number of aryl methyl sites for hydroxylation is 1. The van der Waals surface area contributed by atoms with Crippen LogP contribution in [0.3, 0.4) is 0 Å². The summed E-state index contributed by atoms with van der Waals surface area (Å²) < 4.78 is 29.2. The third-order valence-electron chi connectivity index (χ3n) is 4.18. The van der Waals surface area contributed by atoms with Crippen molar-refractivity contribution >= 4 is 5.91 Å². The molecule has 8 nitrogen and oxygen atoms in total. The first-order chi connectivity index (χ1) is 13.9. The number of pyridine rings is 1. The number of imidazole rings is 2. The Kier molecular flexibility index (Phi) is 4.51. The van der Waals surface area contributed by atoms with E-state index in [1.165, 1.54) is 18.3 Å². The lowest BCUT2D eigenvalue weighted by molar-refractivity contribution is 0.0993. The number of hydrogen-bond donors (Lipinski definition) is 2. The van der Waals surface area contributed by atoms with E-state index in [1.807, 2.05) is 0 Å². The molecule has 0 aliphatic carbocycles. The predicted octanol–water partition coefficient (Wildman–Crippen LogP) is 2.54. The lowest BCUT2D eigenvalue weighted by atomic mass is 10.1. The SMILES string of the molecule is Cn1cnc(-c2ccc(F)cc2)c1-c1ncc(C(=O)N=c2ccn(O)cc2F)[nH]1. The van der Waals surface area contributed by atoms with Gasteiger partial charge in [0, 0.05) is 18.8 Å². The number of carbonyl (C=O) groups is 1. The summed E-state index contributed by atoms with van der Waals surface area (Å²) in [6, 6.07) is 7.01. The molecule has 2 N–H and O–H groups in total. The summed E-state index contributed by atoms with van der Waals surface area (Å²) in [5.41, 5.74) is 1.87. The molecular formula is C19H14F2N6O2. The highest BCUT2D eigenvalue weighted by molar-refractivity contribution is 5.93. The highest BCUT2D eigenvalue weighted by Gasteiger charge is 2.18. The summed E-state index contributed by atoms with van der Waals surface area (Å²) in [6.45, 7) is 0. The van der Waals surface area contributed by atoms with Gasteiger partial charge in [-0.05, 0) is 30.3 Å². The molecule has 3 aromatic heterocycles. The molecule has 0 atom stereocenters. The Morgan fingerprint density at radius 1 is 1.17 bits per heavy atom. The molecule has 3 heterocycles. The second-order valence-electron chi connectivity index (χ2n) is 6.18. The minimum atomic E-state index is -0.853. The van der Waals surface area contributed by atoms with Crippen LogP contribution < -0.4 is 5.36 Å². The fraction of sp³-hybridized carbons (Fsp3) is 0.0526. The van der Waals surface area contributed by atoms with Gasteiger partial charge in [0.25, 0.3) is 5.91 Å². The summed E-state index contributed by atoms with van der Waals surface area (Å²) in [6.07, 6.45) is 4.80. The van der Waals surface area contributed by atoms with E-state index in [0.29, 0.717) is 27.5 Å². The van der Waals surface area contributed by atoms with Crippen molar-refractivity contribution in [2.45, 2.75) is 0 Å². The Morgan fingerprint density at radius 2 is 1.93 bits per heavy atom. The molecule has 146 valence electrons. The Labute approximate surface area is 162 Å². The number of nitrogens with zero attached hydrogens (tertiary/aromatic N) is 5. The Morgan fingerprint density at radius 3 is 2.66 bits per heavy atom. The number of hydrogen-bond acceptors (Lipinski definition) is 4. The van der Waals surface area contributed by atoms with Crippen molar-refractivity contribution in [3.8, 4) is 22.8 Å². The Bertz CT molecular complexity index is 1270. The van der Waals surface area contributed by atoms with Crippen molar-refractivity contribution in [2.75, 3.05) is 0 Å². The molecule has 1 aromatic carbocycles. The minimum Gasteiger partial charge on any atom is -0.429 e. The molecule has 0 radical (unpaired) electrons. The Balaban J connectivity index is 1.71. The number of amides is 1. The first kappa shape index (κ1) is 18.3. The van der Waals surface area contributed by atoms with E-state index in [-0.39, 0.29) is 16.9 Å². The quantitative estimate of drug-likeness (QED) is 0.520. The first-order valence-corrected chi connectivity index (χ1v) is 8.41. The van der Waals surface area contributed by atoms with Gasteiger partial charge in [-0.15, -0.1) is 0 Å². The first-order valence-electron chi connectivity index (χ1n) is 8.41. The normalized spacial score (nSPS) is 11.8. The van der Waals surface area contributed by atoms with Gasteiger partial charge in [-0.1, -0.05) is 0 Å². The molecule has 0 saturated heterocycles. The molecule has 0 spiro atoms. The molecule has 0 saturated carbocycles. The van der Waals surface area contributed by atoms with Crippen LogP contribution in [0.4, 0.5) is 8.78 Å². The molecule has 0 aliphatic heterocycles. The average Bonchev–Trinajstić information content (AvgIpc) is 3.31. The lowest BCUT2D eigenvalue weighted by Gasteiger charge is -2.03. The lowest BCUT2D eigenvalue weighted by Crippen LogP contribution is -2.13. The molecule has 1 amide bonds. The fourth-order valence-corrected chi connectivity index (χ4v) is 2.79. The second kappa shape index (κ2) is 7.15. The van der Waals surface area contributed by atoms with E-state index < -0.39 is 11.7 Å². The second-order valence-corrected chi connectivity index (χ2v) is 6.18. The standard InChI is InChI=1S/C19H14F2N6O2/c1-26-10-23-16(11-2-4-12(20)5-3-11)17(26)18-22-8-15(24-18)19(28)25-14-6-7-27(29)9-13(14)21/h2-10,29H,1H3,(H,22,24). The van der Waals surface area contributed by atoms with Crippen molar-refractivity contribution in [3.05, 3.63) is 77.9 Å². The van der Waals surface area contributed by atoms with Crippen LogP contribution in [-0.4, -0.2) is 35.4 Å². The van der Waals surface area contributed by atoms with Gasteiger partial charge in [0.15, 0.2) is 11.6 Å². The van der Waals surface area contributed by atoms with Crippen molar-refractivity contribution in [3.63, 3.8) is 0 Å². The highest BCUT2D eigenvalue weighted by Crippen LogP contribution is 2.29. The third-order valence-corrected chi connectivity index (χ3v) is 4.18. The third kappa shape index (κ3) is 3.55. The van der Waals surface area contributed by atoms with Gasteiger partial charge in [-0.25, -0.2) is 23.7 Å². The summed E-state index contributed by atoms with van der Waals surface area (Å²) in [7, 11) is 1.76. The highest BCUT2D eigenvalue weighted by atomic mass is 19.1. The van der Waals surface area contributed by atoms with E-state index >= 15 is 0 Å². The van der Waals surface area contributed by atoms with E-state index in [2.05, 4.69) is 19.9 Å². The maximum absolute atomic E-state index is 13.8. The number of H-pyrrole nitrogens is 1. The molecule has 4 rings (SSSR count). The summed E-state index contributed by atoms with van der Waals surface area (Å²) in [5, 5.41) is 8.95. The zero-order chi connectivity index (χ0) is 20.5. The zero-order valence-corrected chi connectivity index (χ0v) is 15.0. The van der Waals surface area contributed by atoms with Crippen LogP contribution in [-0.2, 0) is 7.05 Å². The number of rotatable bonds is 3. The van der Waals surface area contributed by atoms with Gasteiger partial charge in [0.1, 0.15) is 22.6 Å². The van der Waals surface area contributed by atoms with E-state index in [9.17, 15) is 13.6 Å². The van der Waals surface area contributed by atoms with Crippen LogP contribution >= 0.6 is 0 Å². The van der Waals surface area contributed by atoms with Crippen LogP contribution in [0.25, 0.3) is 22.8 Å². The molecule has 4 aromatic rings. The maximum atomic E-state index is 13.8. The van der Waals surface area contributed by atoms with Crippen molar-refractivity contribution in [2.24, 2.45) is 12.0 Å². The number of aromatic nitrogens is 5. The number of benzene rings is 1. The topological polar surface area (TPSA) is 101 Å².